The number of aliphatic hydroxyl groups excluding tert-OH is 2. The molecule has 0 aliphatic heterocycles. The first-order valence-electron chi connectivity index (χ1n) is 3.54. The maximum absolute atomic E-state index is 9.20. The minimum absolute atomic E-state index is 0.141. The maximum atomic E-state index is 9.20. The fraction of sp³-hybridized carbons (Fsp3) is 1.00. The summed E-state index contributed by atoms with van der Waals surface area (Å²) in [6.07, 6.45) is 1.68. The smallest absolute Gasteiger partial charge is 0.0593 e. The molecule has 0 saturated heterocycles. The Bertz CT molecular complexity index is 82.9. The first-order chi connectivity index (χ1) is 4.25. The van der Waals surface area contributed by atoms with Crippen molar-refractivity contribution in [3.63, 3.8) is 0 Å². The van der Waals surface area contributed by atoms with Gasteiger partial charge in [-0.15, -0.1) is 0 Å². The van der Waals surface area contributed by atoms with Crippen LogP contribution >= 0.6 is 0 Å². The maximum Gasteiger partial charge on any atom is 0.0593 e. The van der Waals surface area contributed by atoms with E-state index in [9.17, 15) is 5.11 Å². The molecular formula is C7H14O2. The molecule has 1 unspecified atom stereocenters. The van der Waals surface area contributed by atoms with Crippen LogP contribution in [0, 0.1) is 11.8 Å². The Kier molecular flexibility index (Phi) is 2.09. The first-order valence-corrected chi connectivity index (χ1v) is 3.54. The van der Waals surface area contributed by atoms with Gasteiger partial charge in [-0.2, -0.15) is 0 Å². The molecule has 1 fully saturated rings. The zero-order valence-corrected chi connectivity index (χ0v) is 5.75. The van der Waals surface area contributed by atoms with E-state index in [1.54, 1.807) is 0 Å². The van der Waals surface area contributed by atoms with Crippen LogP contribution in [-0.2, 0) is 0 Å². The highest BCUT2D eigenvalue weighted by Crippen LogP contribution is 2.30. The second kappa shape index (κ2) is 2.67. The minimum atomic E-state index is -0.245. The van der Waals surface area contributed by atoms with Gasteiger partial charge in [-0.3, -0.25) is 0 Å². The zero-order valence-electron chi connectivity index (χ0n) is 5.75. The molecule has 1 aliphatic rings. The Labute approximate surface area is 55.5 Å². The molecule has 0 bridgehead atoms. The lowest BCUT2D eigenvalue weighted by molar-refractivity contribution is 0.0755. The van der Waals surface area contributed by atoms with Crippen LogP contribution in [0.5, 0.6) is 0 Å². The summed E-state index contributed by atoms with van der Waals surface area (Å²) >= 11 is 0. The van der Waals surface area contributed by atoms with Crippen LogP contribution in [0.2, 0.25) is 0 Å². The molecule has 54 valence electrons. The molecule has 0 aromatic rings. The molecule has 0 aromatic heterocycles. The molecule has 1 rings (SSSR count). The third-order valence-electron chi connectivity index (χ3n) is 2.35. The molecule has 3 atom stereocenters. The number of hydrogen-bond donors (Lipinski definition) is 2. The van der Waals surface area contributed by atoms with Gasteiger partial charge in [0.2, 0.25) is 0 Å². The lowest BCUT2D eigenvalue weighted by atomic mass is 9.98. The van der Waals surface area contributed by atoms with Gasteiger partial charge in [-0.05, 0) is 18.8 Å². The van der Waals surface area contributed by atoms with Crippen LogP contribution in [-0.4, -0.2) is 22.9 Å². The van der Waals surface area contributed by atoms with Crippen LogP contribution in [0.1, 0.15) is 19.8 Å². The van der Waals surface area contributed by atoms with Crippen molar-refractivity contribution < 1.29 is 10.2 Å². The molecule has 0 amide bonds. The van der Waals surface area contributed by atoms with Gasteiger partial charge in [0, 0.05) is 12.5 Å². The molecular weight excluding hydrogens is 116 g/mol. The topological polar surface area (TPSA) is 40.5 Å². The Balaban J connectivity index is 2.44. The van der Waals surface area contributed by atoms with Gasteiger partial charge >= 0.3 is 0 Å². The van der Waals surface area contributed by atoms with Crippen molar-refractivity contribution in [2.24, 2.45) is 11.8 Å². The van der Waals surface area contributed by atoms with Crippen molar-refractivity contribution in [2.75, 3.05) is 6.61 Å². The summed E-state index contributed by atoms with van der Waals surface area (Å²) in [4.78, 5) is 0. The summed E-state index contributed by atoms with van der Waals surface area (Å²) in [7, 11) is 0. The SMILES string of the molecule is CC1CC[C@H](O)[C@H]1CO. The molecule has 2 heteroatoms. The largest absolute Gasteiger partial charge is 0.396 e. The van der Waals surface area contributed by atoms with E-state index in [0.717, 1.165) is 12.8 Å². The van der Waals surface area contributed by atoms with Gasteiger partial charge in [0.15, 0.2) is 0 Å². The first kappa shape index (κ1) is 7.03. The van der Waals surface area contributed by atoms with E-state index in [1.807, 2.05) is 0 Å². The van der Waals surface area contributed by atoms with Gasteiger partial charge < -0.3 is 10.2 Å². The summed E-state index contributed by atoms with van der Waals surface area (Å²) in [5.41, 5.74) is 0. The summed E-state index contributed by atoms with van der Waals surface area (Å²) < 4.78 is 0. The van der Waals surface area contributed by atoms with Crippen LogP contribution in [0.25, 0.3) is 0 Å². The summed E-state index contributed by atoms with van der Waals surface area (Å²) in [5, 5.41) is 17.9. The summed E-state index contributed by atoms with van der Waals surface area (Å²) in [6.45, 7) is 2.22. The predicted molar refractivity (Wildman–Crippen MR) is 35.0 cm³/mol. The summed E-state index contributed by atoms with van der Waals surface area (Å²) in [6, 6.07) is 0. The second-order valence-electron chi connectivity index (χ2n) is 2.97. The molecule has 1 saturated carbocycles. The van der Waals surface area contributed by atoms with E-state index in [1.165, 1.54) is 0 Å². The Morgan fingerprint density at radius 3 is 2.33 bits per heavy atom. The standard InChI is InChI=1S/C7H14O2/c1-5-2-3-7(9)6(5)4-8/h5-9H,2-4H2,1H3/t5?,6-,7-/m0/s1. The highest BCUT2D eigenvalue weighted by Gasteiger charge is 2.30. The molecule has 2 N–H and O–H groups in total. The van der Waals surface area contributed by atoms with Crippen molar-refractivity contribution in [3.05, 3.63) is 0 Å². The van der Waals surface area contributed by atoms with Crippen molar-refractivity contribution in [1.82, 2.24) is 0 Å². The average molecular weight is 130 g/mol. The predicted octanol–water partition coefficient (Wildman–Crippen LogP) is 0.386. The number of rotatable bonds is 1. The van der Waals surface area contributed by atoms with E-state index < -0.39 is 0 Å². The average Bonchev–Trinajstić information content (AvgIpc) is 2.12. The van der Waals surface area contributed by atoms with Gasteiger partial charge in [0.05, 0.1) is 6.10 Å². The van der Waals surface area contributed by atoms with E-state index in [-0.39, 0.29) is 18.6 Å². The third-order valence-corrected chi connectivity index (χ3v) is 2.35. The monoisotopic (exact) mass is 130 g/mol. The fourth-order valence-electron chi connectivity index (χ4n) is 1.54. The van der Waals surface area contributed by atoms with Gasteiger partial charge in [0.25, 0.3) is 0 Å². The van der Waals surface area contributed by atoms with Crippen molar-refractivity contribution in [1.29, 1.82) is 0 Å². The van der Waals surface area contributed by atoms with E-state index in [4.69, 9.17) is 5.11 Å². The Hall–Kier alpha value is -0.0800. The lowest BCUT2D eigenvalue weighted by Crippen LogP contribution is -2.21. The van der Waals surface area contributed by atoms with Crippen molar-refractivity contribution in [2.45, 2.75) is 25.9 Å². The molecule has 0 heterocycles. The van der Waals surface area contributed by atoms with Crippen molar-refractivity contribution >= 4 is 0 Å². The third kappa shape index (κ3) is 1.25. The number of hydrogen-bond acceptors (Lipinski definition) is 2. The van der Waals surface area contributed by atoms with Crippen molar-refractivity contribution in [3.8, 4) is 0 Å². The van der Waals surface area contributed by atoms with E-state index in [0.29, 0.717) is 5.92 Å². The molecule has 0 aromatic carbocycles. The highest BCUT2D eigenvalue weighted by atomic mass is 16.3. The van der Waals surface area contributed by atoms with Gasteiger partial charge in [-0.1, -0.05) is 6.92 Å². The van der Waals surface area contributed by atoms with Gasteiger partial charge in [0.1, 0.15) is 0 Å². The molecule has 2 nitrogen and oxygen atoms in total. The van der Waals surface area contributed by atoms with Gasteiger partial charge in [-0.25, -0.2) is 0 Å². The van der Waals surface area contributed by atoms with E-state index in [2.05, 4.69) is 6.92 Å². The Morgan fingerprint density at radius 1 is 1.44 bits per heavy atom. The number of aliphatic hydroxyl groups is 2. The molecule has 0 spiro atoms. The van der Waals surface area contributed by atoms with Crippen LogP contribution < -0.4 is 0 Å². The minimum Gasteiger partial charge on any atom is -0.396 e. The molecule has 0 radical (unpaired) electrons. The molecule has 9 heavy (non-hydrogen) atoms. The highest BCUT2D eigenvalue weighted by molar-refractivity contribution is 4.81. The normalized spacial score (nSPS) is 43.7. The molecule has 1 aliphatic carbocycles. The van der Waals surface area contributed by atoms with E-state index >= 15 is 0 Å². The second-order valence-corrected chi connectivity index (χ2v) is 2.97. The zero-order chi connectivity index (χ0) is 6.85. The van der Waals surface area contributed by atoms with Crippen LogP contribution in [0.15, 0.2) is 0 Å². The Morgan fingerprint density at radius 2 is 2.11 bits per heavy atom. The summed E-state index contributed by atoms with van der Waals surface area (Å²) in [5.74, 6) is 0.648. The van der Waals surface area contributed by atoms with Crippen LogP contribution in [0.4, 0.5) is 0 Å². The van der Waals surface area contributed by atoms with Crippen LogP contribution in [0.3, 0.4) is 0 Å². The quantitative estimate of drug-likeness (QED) is 0.539. The lowest BCUT2D eigenvalue weighted by Gasteiger charge is -2.14. The fourth-order valence-corrected chi connectivity index (χ4v) is 1.54.